The molecule has 1 aromatic carbocycles. The third-order valence-corrected chi connectivity index (χ3v) is 8.00. The summed E-state index contributed by atoms with van der Waals surface area (Å²) in [6, 6.07) is 11.1. The van der Waals surface area contributed by atoms with Crippen LogP contribution in [0.5, 0.6) is 0 Å². The first-order valence-corrected chi connectivity index (χ1v) is 13.9. The molecular weight excluding hydrogens is 417 g/mol. The highest BCUT2D eigenvalue weighted by atomic mass is 19.1. The van der Waals surface area contributed by atoms with Crippen molar-refractivity contribution in [1.82, 2.24) is 0 Å². The highest BCUT2D eigenvalue weighted by Crippen LogP contribution is 2.37. The minimum atomic E-state index is -0.715. The quantitative estimate of drug-likeness (QED) is 0.139. The van der Waals surface area contributed by atoms with Crippen LogP contribution in [-0.2, 0) is 6.42 Å². The van der Waals surface area contributed by atoms with E-state index in [0.717, 1.165) is 24.7 Å². The molecule has 0 unspecified atom stereocenters. The third kappa shape index (κ3) is 9.25. The minimum Gasteiger partial charge on any atom is -0.195 e. The molecule has 0 bridgehead atoms. The van der Waals surface area contributed by atoms with Gasteiger partial charge < -0.3 is 0 Å². The van der Waals surface area contributed by atoms with Gasteiger partial charge in [0.1, 0.15) is 6.07 Å². The lowest BCUT2D eigenvalue weighted by Gasteiger charge is -2.28. The second-order valence-electron chi connectivity index (χ2n) is 10.6. The van der Waals surface area contributed by atoms with Crippen molar-refractivity contribution < 1.29 is 4.39 Å². The third-order valence-electron chi connectivity index (χ3n) is 8.00. The van der Waals surface area contributed by atoms with Crippen molar-refractivity contribution in [3.8, 4) is 6.07 Å². The van der Waals surface area contributed by atoms with Gasteiger partial charge >= 0.3 is 0 Å². The fourth-order valence-electron chi connectivity index (χ4n) is 5.71. The molecule has 2 heteroatoms. The van der Waals surface area contributed by atoms with E-state index in [-0.39, 0.29) is 0 Å². The van der Waals surface area contributed by atoms with Crippen LogP contribution in [0.25, 0.3) is 0 Å². The Labute approximate surface area is 207 Å². The van der Waals surface area contributed by atoms with Gasteiger partial charge in [0.05, 0.1) is 0 Å². The minimum absolute atomic E-state index is 0.523. The number of nitrogens with zero attached hydrogens (tertiary/aromatic N) is 1. The molecule has 0 radical (unpaired) electrons. The first kappa shape index (κ1) is 26.5. The lowest BCUT2D eigenvalue weighted by Crippen LogP contribution is -2.14. The van der Waals surface area contributed by atoms with Crippen LogP contribution in [0, 0.1) is 29.1 Å². The Morgan fingerprint density at radius 2 is 1.38 bits per heavy atom. The Morgan fingerprint density at radius 3 is 1.97 bits per heavy atom. The van der Waals surface area contributed by atoms with Gasteiger partial charge in [-0.15, -0.1) is 0 Å². The van der Waals surface area contributed by atoms with Gasteiger partial charge in [0.25, 0.3) is 0 Å². The molecule has 2 aliphatic rings. The maximum absolute atomic E-state index is 12.9. The van der Waals surface area contributed by atoms with Crippen LogP contribution in [0.3, 0.4) is 0 Å². The Balaban J connectivity index is 1.34. The zero-order valence-electron chi connectivity index (χ0n) is 21.2. The summed E-state index contributed by atoms with van der Waals surface area (Å²) in [6.07, 6.45) is 28.1. The first-order valence-electron chi connectivity index (χ1n) is 13.9. The van der Waals surface area contributed by atoms with Gasteiger partial charge in [-0.3, -0.25) is 0 Å². The van der Waals surface area contributed by atoms with Crippen molar-refractivity contribution >= 4 is 0 Å². The number of unbranched alkanes of at least 4 members (excludes halogenated alkanes) is 4. The van der Waals surface area contributed by atoms with Gasteiger partial charge in [0.15, 0.2) is 5.83 Å². The van der Waals surface area contributed by atoms with E-state index >= 15 is 0 Å². The number of halogens is 1. The number of hydrogen-bond donors (Lipinski definition) is 0. The van der Waals surface area contributed by atoms with E-state index in [1.807, 2.05) is 0 Å². The van der Waals surface area contributed by atoms with Gasteiger partial charge in [-0.2, -0.15) is 9.65 Å². The summed E-state index contributed by atoms with van der Waals surface area (Å²) >= 11 is 0. The van der Waals surface area contributed by atoms with Crippen LogP contribution >= 0.6 is 0 Å². The van der Waals surface area contributed by atoms with Crippen molar-refractivity contribution in [3.05, 3.63) is 71.6 Å². The number of allylic oxidation sites excluding steroid dienone is 6. The molecule has 34 heavy (non-hydrogen) atoms. The second-order valence-corrected chi connectivity index (χ2v) is 10.6. The fourth-order valence-corrected chi connectivity index (χ4v) is 5.71. The van der Waals surface area contributed by atoms with E-state index < -0.39 is 5.83 Å². The molecule has 1 aromatic rings. The molecule has 0 aliphatic heterocycles. The maximum atomic E-state index is 12.9. The van der Waals surface area contributed by atoms with Crippen LogP contribution in [0.1, 0.15) is 107 Å². The monoisotopic (exact) mass is 461 g/mol. The Kier molecular flexibility index (Phi) is 11.7. The number of hydrogen-bond acceptors (Lipinski definition) is 1. The summed E-state index contributed by atoms with van der Waals surface area (Å²) in [4.78, 5) is 0. The fraction of sp³-hybridized carbons (Fsp3) is 0.594. The summed E-state index contributed by atoms with van der Waals surface area (Å²) in [5, 5.41) is 8.47. The van der Waals surface area contributed by atoms with Gasteiger partial charge in [-0.1, -0.05) is 81.2 Å². The summed E-state index contributed by atoms with van der Waals surface area (Å²) < 4.78 is 12.9. The molecule has 0 spiro atoms. The SMILES string of the molecule is CCCCCCCc1ccc(C2CCC(C=CC3CCC(C=CC=C(F)C#N)CC3)CC2)cc1. The number of rotatable bonds is 11. The average Bonchev–Trinajstić information content (AvgIpc) is 2.88. The van der Waals surface area contributed by atoms with Crippen LogP contribution in [0.2, 0.25) is 0 Å². The van der Waals surface area contributed by atoms with Crippen molar-refractivity contribution in [3.63, 3.8) is 0 Å². The number of benzene rings is 1. The highest BCUT2D eigenvalue weighted by Gasteiger charge is 2.22. The molecule has 184 valence electrons. The highest BCUT2D eigenvalue weighted by molar-refractivity contribution is 5.26. The molecule has 0 heterocycles. The molecule has 3 rings (SSSR count). The number of nitriles is 1. The molecule has 2 fully saturated rings. The normalized spacial score (nSPS) is 26.2. The Morgan fingerprint density at radius 1 is 0.824 bits per heavy atom. The van der Waals surface area contributed by atoms with Crippen LogP contribution in [0.15, 0.2) is 60.5 Å². The van der Waals surface area contributed by atoms with Crippen LogP contribution < -0.4 is 0 Å². The van der Waals surface area contributed by atoms with Gasteiger partial charge in [0, 0.05) is 0 Å². The largest absolute Gasteiger partial charge is 0.199 e. The molecule has 2 saturated carbocycles. The summed E-state index contributed by atoms with van der Waals surface area (Å²) in [7, 11) is 0. The van der Waals surface area contributed by atoms with Gasteiger partial charge in [-0.25, -0.2) is 0 Å². The Bertz CT molecular complexity index is 825. The Hall–Kier alpha value is -2.14. The number of aryl methyl sites for hydroxylation is 1. The van der Waals surface area contributed by atoms with Crippen LogP contribution in [0.4, 0.5) is 4.39 Å². The van der Waals surface area contributed by atoms with E-state index in [2.05, 4.69) is 49.4 Å². The van der Waals surface area contributed by atoms with Gasteiger partial charge in [-0.05, 0) is 105 Å². The second kappa shape index (κ2) is 15.0. The topological polar surface area (TPSA) is 23.8 Å². The molecular formula is C32H44FN. The lowest BCUT2D eigenvalue weighted by atomic mass is 9.77. The molecule has 2 aliphatic carbocycles. The van der Waals surface area contributed by atoms with Crippen molar-refractivity contribution in [1.29, 1.82) is 5.26 Å². The van der Waals surface area contributed by atoms with Crippen molar-refractivity contribution in [2.75, 3.05) is 0 Å². The molecule has 0 amide bonds. The smallest absolute Gasteiger partial charge is 0.195 e. The first-order chi connectivity index (χ1) is 16.7. The lowest BCUT2D eigenvalue weighted by molar-refractivity contribution is 0.348. The maximum Gasteiger partial charge on any atom is 0.199 e. The molecule has 0 N–H and O–H groups in total. The summed E-state index contributed by atoms with van der Waals surface area (Å²) in [5.41, 5.74) is 3.06. The molecule has 0 saturated heterocycles. The van der Waals surface area contributed by atoms with E-state index in [4.69, 9.17) is 5.26 Å². The van der Waals surface area contributed by atoms with Crippen LogP contribution in [-0.4, -0.2) is 0 Å². The van der Waals surface area contributed by atoms with E-state index in [1.54, 1.807) is 11.6 Å². The average molecular weight is 462 g/mol. The predicted molar refractivity (Wildman–Crippen MR) is 142 cm³/mol. The zero-order valence-corrected chi connectivity index (χ0v) is 21.2. The van der Waals surface area contributed by atoms with Gasteiger partial charge in [0.2, 0.25) is 0 Å². The van der Waals surface area contributed by atoms with E-state index in [0.29, 0.717) is 11.8 Å². The molecule has 0 aromatic heterocycles. The van der Waals surface area contributed by atoms with E-state index in [9.17, 15) is 4.39 Å². The molecule has 0 atom stereocenters. The standard InChI is InChI=1S/C32H44FN/c1-2-3-4-5-6-8-26-17-21-30(22-18-26)31-23-19-29(20-24-31)16-15-28-13-11-27(12-14-28)9-7-10-32(33)25-34/h7,9-10,15-18,21-22,27-29,31H,2-6,8,11-14,19-20,23-24H2,1H3. The van der Waals surface area contributed by atoms with Crippen molar-refractivity contribution in [2.24, 2.45) is 17.8 Å². The summed E-state index contributed by atoms with van der Waals surface area (Å²) in [6.45, 7) is 2.28. The zero-order chi connectivity index (χ0) is 24.0. The summed E-state index contributed by atoms with van der Waals surface area (Å²) in [5.74, 6) is 1.99. The predicted octanol–water partition coefficient (Wildman–Crippen LogP) is 9.77. The van der Waals surface area contributed by atoms with E-state index in [1.165, 1.54) is 94.8 Å². The van der Waals surface area contributed by atoms with Crippen molar-refractivity contribution in [2.45, 2.75) is 103 Å². The molecule has 1 nitrogen and oxygen atoms in total.